The Morgan fingerprint density at radius 2 is 2.36 bits per heavy atom. The van der Waals surface area contributed by atoms with E-state index < -0.39 is 6.10 Å². The average molecular weight is 260 g/mol. The SMILES string of the molecule is CC(O)CN(C)c1ncc(Br)cc1N. The van der Waals surface area contributed by atoms with Crippen molar-refractivity contribution < 1.29 is 5.11 Å². The lowest BCUT2D eigenvalue weighted by atomic mass is 10.3. The molecular formula is C9H14BrN3O. The maximum absolute atomic E-state index is 9.21. The standard InChI is InChI=1S/C9H14BrN3O/c1-6(14)5-13(2)9-8(11)3-7(10)4-12-9/h3-4,6,14H,5,11H2,1-2H3. The second kappa shape index (κ2) is 4.61. The molecule has 4 nitrogen and oxygen atoms in total. The lowest BCUT2D eigenvalue weighted by Crippen LogP contribution is -2.28. The number of hydrogen-bond acceptors (Lipinski definition) is 4. The smallest absolute Gasteiger partial charge is 0.151 e. The van der Waals surface area contributed by atoms with Crippen LogP contribution in [-0.2, 0) is 0 Å². The maximum atomic E-state index is 9.21. The van der Waals surface area contributed by atoms with E-state index in [0.29, 0.717) is 18.1 Å². The van der Waals surface area contributed by atoms with Gasteiger partial charge in [0, 0.05) is 24.3 Å². The molecule has 1 aromatic heterocycles. The topological polar surface area (TPSA) is 62.4 Å². The number of likely N-dealkylation sites (N-methyl/N-ethyl adjacent to an activating group) is 1. The fourth-order valence-corrected chi connectivity index (χ4v) is 1.60. The third-order valence-corrected chi connectivity index (χ3v) is 2.20. The summed E-state index contributed by atoms with van der Waals surface area (Å²) in [5.41, 5.74) is 6.38. The van der Waals surface area contributed by atoms with E-state index in [1.54, 1.807) is 19.2 Å². The lowest BCUT2D eigenvalue weighted by molar-refractivity contribution is 0.201. The minimum absolute atomic E-state index is 0.398. The average Bonchev–Trinajstić information content (AvgIpc) is 2.01. The first-order valence-electron chi connectivity index (χ1n) is 4.31. The molecule has 5 heteroatoms. The molecule has 0 aliphatic heterocycles. The monoisotopic (exact) mass is 259 g/mol. The highest BCUT2D eigenvalue weighted by atomic mass is 79.9. The van der Waals surface area contributed by atoms with Gasteiger partial charge in [0.15, 0.2) is 5.82 Å². The number of anilines is 2. The summed E-state index contributed by atoms with van der Waals surface area (Å²) in [4.78, 5) is 6.00. The summed E-state index contributed by atoms with van der Waals surface area (Å²) in [5, 5.41) is 9.21. The minimum Gasteiger partial charge on any atom is -0.396 e. The van der Waals surface area contributed by atoms with Crippen LogP contribution in [0.2, 0.25) is 0 Å². The number of aliphatic hydroxyl groups is 1. The molecule has 1 aromatic rings. The zero-order valence-electron chi connectivity index (χ0n) is 8.24. The van der Waals surface area contributed by atoms with Crippen LogP contribution in [-0.4, -0.2) is 29.8 Å². The van der Waals surface area contributed by atoms with Gasteiger partial charge in [-0.05, 0) is 28.9 Å². The molecule has 0 amide bonds. The molecule has 14 heavy (non-hydrogen) atoms. The second-order valence-corrected chi connectivity index (χ2v) is 4.21. The molecule has 1 heterocycles. The van der Waals surface area contributed by atoms with Crippen LogP contribution in [0, 0.1) is 0 Å². The van der Waals surface area contributed by atoms with E-state index in [1.807, 2.05) is 11.9 Å². The van der Waals surface area contributed by atoms with Gasteiger partial charge < -0.3 is 15.7 Å². The Hall–Kier alpha value is -0.810. The predicted molar refractivity (Wildman–Crippen MR) is 61.3 cm³/mol. The summed E-state index contributed by atoms with van der Waals surface area (Å²) in [6.45, 7) is 2.24. The van der Waals surface area contributed by atoms with Gasteiger partial charge in [-0.3, -0.25) is 0 Å². The second-order valence-electron chi connectivity index (χ2n) is 3.30. The van der Waals surface area contributed by atoms with Crippen LogP contribution in [0.25, 0.3) is 0 Å². The van der Waals surface area contributed by atoms with Crippen molar-refractivity contribution in [1.29, 1.82) is 0 Å². The van der Waals surface area contributed by atoms with E-state index in [-0.39, 0.29) is 0 Å². The van der Waals surface area contributed by atoms with Gasteiger partial charge in [-0.1, -0.05) is 0 Å². The molecule has 1 rings (SSSR count). The molecule has 0 aromatic carbocycles. The van der Waals surface area contributed by atoms with Crippen LogP contribution in [0.5, 0.6) is 0 Å². The predicted octanol–water partition coefficient (Wildman–Crippen LogP) is 1.24. The summed E-state index contributed by atoms with van der Waals surface area (Å²) in [6, 6.07) is 1.79. The van der Waals surface area contributed by atoms with Gasteiger partial charge in [0.1, 0.15) is 0 Å². The molecule has 78 valence electrons. The number of hydrogen-bond donors (Lipinski definition) is 2. The van der Waals surface area contributed by atoms with E-state index in [1.165, 1.54) is 0 Å². The summed E-state index contributed by atoms with van der Waals surface area (Å²) in [5.74, 6) is 0.689. The normalized spacial score (nSPS) is 12.6. The van der Waals surface area contributed by atoms with Crippen molar-refractivity contribution in [3.63, 3.8) is 0 Å². The summed E-state index contributed by atoms with van der Waals surface area (Å²) < 4.78 is 0.851. The maximum Gasteiger partial charge on any atom is 0.151 e. The summed E-state index contributed by atoms with van der Waals surface area (Å²) in [7, 11) is 1.85. The quantitative estimate of drug-likeness (QED) is 0.858. The molecule has 0 spiro atoms. The lowest BCUT2D eigenvalue weighted by Gasteiger charge is -2.21. The molecule has 3 N–H and O–H groups in total. The molecule has 1 atom stereocenters. The van der Waals surface area contributed by atoms with Crippen molar-refractivity contribution in [3.05, 3.63) is 16.7 Å². The first kappa shape index (κ1) is 11.3. The Kier molecular flexibility index (Phi) is 3.71. The van der Waals surface area contributed by atoms with Gasteiger partial charge in [0.25, 0.3) is 0 Å². The number of halogens is 1. The number of nitrogen functional groups attached to an aromatic ring is 1. The number of aliphatic hydroxyl groups excluding tert-OH is 1. The van der Waals surface area contributed by atoms with Crippen molar-refractivity contribution in [2.45, 2.75) is 13.0 Å². The van der Waals surface area contributed by atoms with E-state index >= 15 is 0 Å². The molecule has 0 saturated carbocycles. The minimum atomic E-state index is -0.398. The molecule has 1 unspecified atom stereocenters. The highest BCUT2D eigenvalue weighted by Gasteiger charge is 2.09. The highest BCUT2D eigenvalue weighted by Crippen LogP contribution is 2.22. The zero-order chi connectivity index (χ0) is 10.7. The summed E-state index contributed by atoms with van der Waals surface area (Å²) in [6.07, 6.45) is 1.29. The fourth-order valence-electron chi connectivity index (χ4n) is 1.25. The Morgan fingerprint density at radius 3 is 2.86 bits per heavy atom. The van der Waals surface area contributed by atoms with Gasteiger partial charge >= 0.3 is 0 Å². The van der Waals surface area contributed by atoms with E-state index in [2.05, 4.69) is 20.9 Å². The number of nitrogens with zero attached hydrogens (tertiary/aromatic N) is 2. The Balaban J connectivity index is 2.84. The molecule has 0 aliphatic carbocycles. The largest absolute Gasteiger partial charge is 0.396 e. The van der Waals surface area contributed by atoms with Gasteiger partial charge in [-0.15, -0.1) is 0 Å². The molecule has 0 radical (unpaired) electrons. The van der Waals surface area contributed by atoms with Crippen LogP contribution < -0.4 is 10.6 Å². The highest BCUT2D eigenvalue weighted by molar-refractivity contribution is 9.10. The van der Waals surface area contributed by atoms with Gasteiger partial charge in [0.05, 0.1) is 11.8 Å². The number of pyridine rings is 1. The van der Waals surface area contributed by atoms with Crippen molar-refractivity contribution in [1.82, 2.24) is 4.98 Å². The molecular weight excluding hydrogens is 246 g/mol. The van der Waals surface area contributed by atoms with Crippen LogP contribution >= 0.6 is 15.9 Å². The van der Waals surface area contributed by atoms with Gasteiger partial charge in [0.2, 0.25) is 0 Å². The van der Waals surface area contributed by atoms with Crippen molar-refractivity contribution in [2.75, 3.05) is 24.2 Å². The van der Waals surface area contributed by atoms with E-state index in [0.717, 1.165) is 4.47 Å². The Bertz CT molecular complexity index is 317. The van der Waals surface area contributed by atoms with Crippen LogP contribution in [0.4, 0.5) is 11.5 Å². The van der Waals surface area contributed by atoms with E-state index in [9.17, 15) is 5.11 Å². The third-order valence-electron chi connectivity index (χ3n) is 1.76. The molecule has 0 aliphatic rings. The number of aromatic nitrogens is 1. The van der Waals surface area contributed by atoms with Crippen LogP contribution in [0.1, 0.15) is 6.92 Å². The first-order valence-corrected chi connectivity index (χ1v) is 5.10. The van der Waals surface area contributed by atoms with Gasteiger partial charge in [-0.2, -0.15) is 0 Å². The first-order chi connectivity index (χ1) is 6.50. The Labute approximate surface area is 91.9 Å². The number of rotatable bonds is 3. The number of nitrogens with two attached hydrogens (primary N) is 1. The van der Waals surface area contributed by atoms with Crippen molar-refractivity contribution in [3.8, 4) is 0 Å². The molecule has 0 saturated heterocycles. The fraction of sp³-hybridized carbons (Fsp3) is 0.444. The Morgan fingerprint density at radius 1 is 1.71 bits per heavy atom. The van der Waals surface area contributed by atoms with Crippen molar-refractivity contribution >= 4 is 27.4 Å². The zero-order valence-corrected chi connectivity index (χ0v) is 9.82. The van der Waals surface area contributed by atoms with Crippen LogP contribution in [0.15, 0.2) is 16.7 Å². The summed E-state index contributed by atoms with van der Waals surface area (Å²) >= 11 is 3.29. The van der Waals surface area contributed by atoms with Crippen LogP contribution in [0.3, 0.4) is 0 Å². The molecule has 0 fully saturated rings. The van der Waals surface area contributed by atoms with E-state index in [4.69, 9.17) is 5.73 Å². The van der Waals surface area contributed by atoms with Crippen molar-refractivity contribution in [2.24, 2.45) is 0 Å². The third kappa shape index (κ3) is 2.85. The molecule has 0 bridgehead atoms. The van der Waals surface area contributed by atoms with Gasteiger partial charge in [-0.25, -0.2) is 4.98 Å².